The molecule has 0 aliphatic rings. The fraction of sp³-hybridized carbons (Fsp3) is 0.938. The molecular weight excluding hydrogens is 252 g/mol. The third-order valence-corrected chi connectivity index (χ3v) is 4.18. The lowest BCUT2D eigenvalue weighted by Gasteiger charge is -2.29. The molecule has 20 heavy (non-hydrogen) atoms. The molecule has 0 aromatic carbocycles. The van der Waals surface area contributed by atoms with E-state index in [1.165, 1.54) is 13.5 Å². The molecule has 4 nitrogen and oxygen atoms in total. The van der Waals surface area contributed by atoms with Crippen molar-refractivity contribution in [3.8, 4) is 0 Å². The molecule has 0 aliphatic heterocycles. The molecule has 0 aromatic heterocycles. The van der Waals surface area contributed by atoms with Crippen LogP contribution in [0.5, 0.6) is 0 Å². The smallest absolute Gasteiger partial charge is 0.325 e. The average Bonchev–Trinajstić information content (AvgIpc) is 2.47. The van der Waals surface area contributed by atoms with Crippen LogP contribution in [0.25, 0.3) is 0 Å². The van der Waals surface area contributed by atoms with Crippen molar-refractivity contribution in [2.24, 2.45) is 0 Å². The zero-order chi connectivity index (χ0) is 15.6. The molecule has 0 saturated carbocycles. The van der Waals surface area contributed by atoms with Crippen molar-refractivity contribution in [2.45, 2.75) is 71.4 Å². The first-order chi connectivity index (χ1) is 9.41. The molecular formula is C16H34N2O2. The van der Waals surface area contributed by atoms with Crippen LogP contribution in [0.1, 0.15) is 59.8 Å². The van der Waals surface area contributed by atoms with Gasteiger partial charge in [-0.3, -0.25) is 4.79 Å². The van der Waals surface area contributed by atoms with Crippen LogP contribution >= 0.6 is 0 Å². The normalized spacial score (nSPS) is 15.9. The molecule has 0 spiro atoms. The largest absolute Gasteiger partial charge is 0.468 e. The van der Waals surface area contributed by atoms with E-state index in [2.05, 4.69) is 38.0 Å². The Balaban J connectivity index is 4.17. The maximum Gasteiger partial charge on any atom is 0.325 e. The zero-order valence-corrected chi connectivity index (χ0v) is 14.3. The molecule has 0 saturated heterocycles. The molecule has 0 heterocycles. The highest BCUT2D eigenvalue weighted by atomic mass is 16.5. The number of carbonyl (C=O) groups excluding carboxylic acids is 1. The topological polar surface area (TPSA) is 41.6 Å². The minimum atomic E-state index is -0.542. The molecule has 0 amide bonds. The molecule has 2 atom stereocenters. The summed E-state index contributed by atoms with van der Waals surface area (Å²) in [6.45, 7) is 10.4. The van der Waals surface area contributed by atoms with Crippen LogP contribution in [0.4, 0.5) is 0 Å². The molecule has 120 valence electrons. The Labute approximate surface area is 125 Å². The minimum Gasteiger partial charge on any atom is -0.468 e. The van der Waals surface area contributed by atoms with Crippen molar-refractivity contribution in [3.63, 3.8) is 0 Å². The monoisotopic (exact) mass is 286 g/mol. The standard InChI is InChI=1S/C16H34N2O2/c1-7-12-17-16(4,15(19)20-6)11-9-10-13-18(5)14(3)8-2/h14,17H,7-13H2,1-6H3. The number of methoxy groups -OCH3 is 1. The summed E-state index contributed by atoms with van der Waals surface area (Å²) in [5, 5.41) is 3.33. The average molecular weight is 286 g/mol. The van der Waals surface area contributed by atoms with Crippen molar-refractivity contribution >= 4 is 5.97 Å². The van der Waals surface area contributed by atoms with E-state index < -0.39 is 5.54 Å². The number of hydrogen-bond acceptors (Lipinski definition) is 4. The Kier molecular flexibility index (Phi) is 9.86. The predicted molar refractivity (Wildman–Crippen MR) is 84.9 cm³/mol. The minimum absolute atomic E-state index is 0.152. The number of esters is 1. The van der Waals surface area contributed by atoms with Gasteiger partial charge in [0.15, 0.2) is 0 Å². The first kappa shape index (κ1) is 19.4. The second-order valence-electron chi connectivity index (χ2n) is 5.95. The number of ether oxygens (including phenoxy) is 1. The van der Waals surface area contributed by atoms with Gasteiger partial charge in [-0.15, -0.1) is 0 Å². The second-order valence-corrected chi connectivity index (χ2v) is 5.95. The SMILES string of the molecule is CCCNC(C)(CCCCN(C)C(C)CC)C(=O)OC. The molecule has 4 heteroatoms. The van der Waals surface area contributed by atoms with E-state index in [-0.39, 0.29) is 5.97 Å². The predicted octanol–water partition coefficient (Wildman–Crippen LogP) is 2.82. The van der Waals surface area contributed by atoms with E-state index in [0.29, 0.717) is 6.04 Å². The fourth-order valence-electron chi connectivity index (χ4n) is 2.26. The van der Waals surface area contributed by atoms with Crippen molar-refractivity contribution in [1.29, 1.82) is 0 Å². The van der Waals surface area contributed by atoms with Gasteiger partial charge in [-0.2, -0.15) is 0 Å². The summed E-state index contributed by atoms with van der Waals surface area (Å²) in [5.74, 6) is -0.152. The summed E-state index contributed by atoms with van der Waals surface area (Å²) >= 11 is 0. The number of unbranched alkanes of at least 4 members (excludes halogenated alkanes) is 1. The fourth-order valence-corrected chi connectivity index (χ4v) is 2.26. The lowest BCUT2D eigenvalue weighted by Crippen LogP contribution is -2.50. The van der Waals surface area contributed by atoms with Crippen LogP contribution in [0, 0.1) is 0 Å². The van der Waals surface area contributed by atoms with Gasteiger partial charge in [0.05, 0.1) is 7.11 Å². The summed E-state index contributed by atoms with van der Waals surface area (Å²) < 4.78 is 4.93. The van der Waals surface area contributed by atoms with Crippen LogP contribution in [-0.2, 0) is 9.53 Å². The lowest BCUT2D eigenvalue weighted by molar-refractivity contribution is -0.148. The molecule has 0 bridgehead atoms. The number of hydrogen-bond donors (Lipinski definition) is 1. The Morgan fingerprint density at radius 3 is 2.50 bits per heavy atom. The van der Waals surface area contributed by atoms with E-state index in [1.54, 1.807) is 0 Å². The van der Waals surface area contributed by atoms with Crippen LogP contribution in [0.3, 0.4) is 0 Å². The summed E-state index contributed by atoms with van der Waals surface area (Å²) in [6, 6.07) is 0.625. The van der Waals surface area contributed by atoms with Gasteiger partial charge in [0, 0.05) is 6.04 Å². The number of rotatable bonds is 11. The van der Waals surface area contributed by atoms with Gasteiger partial charge in [0.2, 0.25) is 0 Å². The highest BCUT2D eigenvalue weighted by molar-refractivity contribution is 5.80. The molecule has 0 radical (unpaired) electrons. The Morgan fingerprint density at radius 2 is 2.00 bits per heavy atom. The quantitative estimate of drug-likeness (QED) is 0.468. The van der Waals surface area contributed by atoms with Crippen molar-refractivity contribution in [2.75, 3.05) is 27.2 Å². The molecule has 0 fully saturated rings. The number of carbonyl (C=O) groups is 1. The van der Waals surface area contributed by atoms with Crippen molar-refractivity contribution in [3.05, 3.63) is 0 Å². The molecule has 0 aromatic rings. The number of nitrogens with one attached hydrogen (secondary N) is 1. The molecule has 0 aliphatic carbocycles. The van der Waals surface area contributed by atoms with Crippen molar-refractivity contribution < 1.29 is 9.53 Å². The Morgan fingerprint density at radius 1 is 1.35 bits per heavy atom. The van der Waals surface area contributed by atoms with Crippen LogP contribution in [0.2, 0.25) is 0 Å². The van der Waals surface area contributed by atoms with E-state index >= 15 is 0 Å². The third-order valence-electron chi connectivity index (χ3n) is 4.18. The zero-order valence-electron chi connectivity index (χ0n) is 14.3. The molecule has 0 rings (SSSR count). The Hall–Kier alpha value is -0.610. The molecule has 1 N–H and O–H groups in total. The maximum atomic E-state index is 11.9. The first-order valence-corrected chi connectivity index (χ1v) is 7.95. The van der Waals surface area contributed by atoms with E-state index in [0.717, 1.165) is 38.8 Å². The molecule has 2 unspecified atom stereocenters. The Bertz CT molecular complexity index is 271. The van der Waals surface area contributed by atoms with Gasteiger partial charge in [0.25, 0.3) is 0 Å². The summed E-state index contributed by atoms with van der Waals surface area (Å²) in [7, 11) is 3.63. The lowest BCUT2D eigenvalue weighted by atomic mass is 9.94. The maximum absolute atomic E-state index is 11.9. The van der Waals surface area contributed by atoms with Gasteiger partial charge in [-0.25, -0.2) is 0 Å². The highest BCUT2D eigenvalue weighted by Crippen LogP contribution is 2.16. The second kappa shape index (κ2) is 10.2. The van der Waals surface area contributed by atoms with Gasteiger partial charge < -0.3 is 15.0 Å². The van der Waals surface area contributed by atoms with E-state index in [1.807, 2.05) is 6.92 Å². The van der Waals surface area contributed by atoms with Gasteiger partial charge >= 0.3 is 5.97 Å². The van der Waals surface area contributed by atoms with Gasteiger partial charge in [0.1, 0.15) is 5.54 Å². The summed E-state index contributed by atoms with van der Waals surface area (Å²) in [4.78, 5) is 14.3. The van der Waals surface area contributed by atoms with Crippen LogP contribution in [-0.4, -0.2) is 49.7 Å². The summed E-state index contributed by atoms with van der Waals surface area (Å²) in [5.41, 5.74) is -0.542. The number of nitrogens with zero attached hydrogens (tertiary/aromatic N) is 1. The van der Waals surface area contributed by atoms with Gasteiger partial charge in [-0.1, -0.05) is 13.8 Å². The van der Waals surface area contributed by atoms with Gasteiger partial charge in [-0.05, 0) is 66.1 Å². The van der Waals surface area contributed by atoms with E-state index in [4.69, 9.17) is 4.74 Å². The van der Waals surface area contributed by atoms with Crippen molar-refractivity contribution in [1.82, 2.24) is 10.2 Å². The third kappa shape index (κ3) is 6.71. The van der Waals surface area contributed by atoms with Crippen LogP contribution < -0.4 is 5.32 Å². The van der Waals surface area contributed by atoms with E-state index in [9.17, 15) is 4.79 Å². The summed E-state index contributed by atoms with van der Waals surface area (Å²) in [6.07, 6.45) is 5.16. The first-order valence-electron chi connectivity index (χ1n) is 7.95. The van der Waals surface area contributed by atoms with Crippen LogP contribution in [0.15, 0.2) is 0 Å². The highest BCUT2D eigenvalue weighted by Gasteiger charge is 2.32.